The van der Waals surface area contributed by atoms with Gasteiger partial charge in [0.05, 0.1) is 6.33 Å². The Kier molecular flexibility index (Phi) is 13.7. The van der Waals surface area contributed by atoms with Gasteiger partial charge in [-0.3, -0.25) is 14.1 Å². The third kappa shape index (κ3) is 5.46. The maximum atomic E-state index is 11.5. The van der Waals surface area contributed by atoms with E-state index in [9.17, 15) is 4.39 Å². The topological polar surface area (TPSA) is 0 Å². The zero-order valence-corrected chi connectivity index (χ0v) is 6.14. The van der Waals surface area contributed by atoms with Crippen molar-refractivity contribution in [3.8, 4) is 0 Å². The van der Waals surface area contributed by atoms with Crippen LogP contribution in [0.2, 0.25) is 0 Å². The predicted octanol–water partition coefficient (Wildman–Crippen LogP) is 3.08. The molecule has 0 N–H and O–H groups in total. The van der Waals surface area contributed by atoms with E-state index >= 15 is 0 Å². The molecule has 0 nitrogen and oxygen atoms in total. The molecular weight excluding hydrogens is 172 g/mol. The van der Waals surface area contributed by atoms with Gasteiger partial charge in [-0.1, -0.05) is 30.3 Å². The van der Waals surface area contributed by atoms with Crippen molar-refractivity contribution in [3.63, 3.8) is 0 Å². The van der Waals surface area contributed by atoms with Crippen molar-refractivity contribution in [2.75, 3.05) is 0 Å². The third-order valence-electron chi connectivity index (χ3n) is 1.06. The van der Waals surface area contributed by atoms with Gasteiger partial charge in [-0.15, -0.1) is 0 Å². The zero-order chi connectivity index (χ0) is 6.53. The molecule has 0 aliphatic carbocycles. The van der Waals surface area contributed by atoms with Crippen LogP contribution >= 0.6 is 0 Å². The highest BCUT2D eigenvalue weighted by atomic mass is 19.1. The molecular formula is C8H10F4. The molecule has 1 aromatic rings. The fraction of sp³-hybridized carbons (Fsp3) is 0. The van der Waals surface area contributed by atoms with E-state index in [1.165, 1.54) is 6.08 Å². The average molecular weight is 182 g/mol. The van der Waals surface area contributed by atoms with Crippen LogP contribution in [0.4, 0.5) is 18.5 Å². The van der Waals surface area contributed by atoms with Crippen molar-refractivity contribution in [1.29, 1.82) is 0 Å². The largest absolute Gasteiger partial charge is 0.269 e. The Hall–Kier alpha value is -1.32. The number of rotatable bonds is 1. The summed E-state index contributed by atoms with van der Waals surface area (Å²) >= 11 is 0. The predicted molar refractivity (Wildman–Crippen MR) is 44.1 cm³/mol. The van der Waals surface area contributed by atoms with Gasteiger partial charge in [-0.05, 0) is 11.6 Å². The minimum Gasteiger partial charge on any atom is -0.269 e. The molecule has 0 aliphatic rings. The second-order valence-corrected chi connectivity index (χ2v) is 1.70. The smallest absolute Gasteiger partial charge is 0.0872 e. The number of benzene rings is 1. The molecule has 0 radical (unpaired) electrons. The van der Waals surface area contributed by atoms with Crippen LogP contribution in [0, 0.1) is 0 Å². The monoisotopic (exact) mass is 182 g/mol. The average Bonchev–Trinajstić information content (AvgIpc) is 1.91. The first-order valence-corrected chi connectivity index (χ1v) is 2.75. The van der Waals surface area contributed by atoms with Gasteiger partial charge in [0.15, 0.2) is 0 Å². The van der Waals surface area contributed by atoms with Crippen molar-refractivity contribution in [2.24, 2.45) is 0 Å². The van der Waals surface area contributed by atoms with Gasteiger partial charge in [0, 0.05) is 0 Å². The molecule has 0 bridgehead atoms. The summed E-state index contributed by atoms with van der Waals surface area (Å²) in [6, 6.07) is 9.33. The van der Waals surface area contributed by atoms with E-state index in [1.54, 1.807) is 0 Å². The standard InChI is InChI=1S/C8H7F.3FH/c9-7-6-8-4-2-1-3-5-8;;;/h1-7H;3*1H. The fourth-order valence-corrected chi connectivity index (χ4v) is 0.637. The van der Waals surface area contributed by atoms with E-state index in [0.717, 1.165) is 5.56 Å². The number of hydrogen-bond acceptors (Lipinski definition) is 0. The summed E-state index contributed by atoms with van der Waals surface area (Å²) in [6.45, 7) is 0. The highest BCUT2D eigenvalue weighted by Gasteiger charge is 1.78. The lowest BCUT2D eigenvalue weighted by atomic mass is 10.2. The first-order chi connectivity index (χ1) is 4.43. The molecule has 0 saturated heterocycles. The van der Waals surface area contributed by atoms with Crippen LogP contribution in [0.1, 0.15) is 5.56 Å². The molecule has 0 fully saturated rings. The first-order valence-electron chi connectivity index (χ1n) is 2.75. The van der Waals surface area contributed by atoms with Crippen LogP contribution < -0.4 is 0 Å². The van der Waals surface area contributed by atoms with E-state index in [4.69, 9.17) is 0 Å². The second-order valence-electron chi connectivity index (χ2n) is 1.70. The molecule has 0 atom stereocenters. The van der Waals surface area contributed by atoms with Gasteiger partial charge in [-0.2, -0.15) is 0 Å². The van der Waals surface area contributed by atoms with Crippen LogP contribution in [-0.4, -0.2) is 0 Å². The molecule has 0 aliphatic heterocycles. The lowest BCUT2D eigenvalue weighted by Gasteiger charge is -1.85. The highest BCUT2D eigenvalue weighted by molar-refractivity contribution is 5.47. The normalized spacial score (nSPS) is 7.75. The van der Waals surface area contributed by atoms with Crippen LogP contribution in [0.5, 0.6) is 0 Å². The summed E-state index contributed by atoms with van der Waals surface area (Å²) in [5, 5.41) is 0. The lowest BCUT2D eigenvalue weighted by Crippen LogP contribution is -1.65. The SMILES string of the molecule is F.F.F.FC=Cc1ccccc1. The highest BCUT2D eigenvalue weighted by Crippen LogP contribution is 1.99. The molecule has 70 valence electrons. The molecule has 12 heavy (non-hydrogen) atoms. The summed E-state index contributed by atoms with van der Waals surface area (Å²) in [5.41, 5.74) is 0.889. The molecule has 0 saturated carbocycles. The van der Waals surface area contributed by atoms with Crippen LogP contribution in [0.25, 0.3) is 6.08 Å². The molecule has 0 heterocycles. The molecule has 1 aromatic carbocycles. The molecule has 0 unspecified atom stereocenters. The van der Waals surface area contributed by atoms with Crippen molar-refractivity contribution >= 4 is 6.08 Å². The van der Waals surface area contributed by atoms with Crippen molar-refractivity contribution < 1.29 is 18.5 Å². The lowest BCUT2D eigenvalue weighted by molar-refractivity contribution is 0.727. The van der Waals surface area contributed by atoms with Gasteiger partial charge < -0.3 is 0 Å². The Labute approximate surface area is 67.8 Å². The summed E-state index contributed by atoms with van der Waals surface area (Å²) in [4.78, 5) is 0. The van der Waals surface area contributed by atoms with Gasteiger partial charge >= 0.3 is 0 Å². The number of halogens is 4. The Morgan fingerprint density at radius 2 is 1.42 bits per heavy atom. The quantitative estimate of drug-likeness (QED) is 0.585. The molecule has 4 heteroatoms. The zero-order valence-electron chi connectivity index (χ0n) is 6.14. The minimum atomic E-state index is 0. The van der Waals surface area contributed by atoms with E-state index < -0.39 is 0 Å². The number of hydrogen-bond donors (Lipinski definition) is 0. The molecule has 0 aromatic heterocycles. The molecule has 0 spiro atoms. The van der Waals surface area contributed by atoms with Crippen LogP contribution in [0.15, 0.2) is 36.7 Å². The summed E-state index contributed by atoms with van der Waals surface area (Å²) in [5.74, 6) is 0. The Morgan fingerprint density at radius 3 is 1.83 bits per heavy atom. The van der Waals surface area contributed by atoms with Gasteiger partial charge in [0.2, 0.25) is 0 Å². The van der Waals surface area contributed by atoms with Crippen LogP contribution in [0.3, 0.4) is 0 Å². The van der Waals surface area contributed by atoms with Crippen molar-refractivity contribution in [1.82, 2.24) is 0 Å². The van der Waals surface area contributed by atoms with Gasteiger partial charge in [0.1, 0.15) is 0 Å². The van der Waals surface area contributed by atoms with E-state index in [2.05, 4.69) is 0 Å². The minimum absolute atomic E-state index is 0. The maximum Gasteiger partial charge on any atom is 0.0872 e. The van der Waals surface area contributed by atoms with E-state index in [1.807, 2.05) is 30.3 Å². The maximum absolute atomic E-state index is 11.5. The van der Waals surface area contributed by atoms with Gasteiger partial charge in [0.25, 0.3) is 0 Å². The Morgan fingerprint density at radius 1 is 0.917 bits per heavy atom. The van der Waals surface area contributed by atoms with Crippen molar-refractivity contribution in [3.05, 3.63) is 42.2 Å². The second kappa shape index (κ2) is 9.68. The van der Waals surface area contributed by atoms with Crippen LogP contribution in [-0.2, 0) is 0 Å². The molecule has 1 rings (SSSR count). The summed E-state index contributed by atoms with van der Waals surface area (Å²) in [7, 11) is 0. The Bertz CT molecular complexity index is 195. The summed E-state index contributed by atoms with van der Waals surface area (Å²) in [6.07, 6.45) is 1.95. The molecule has 0 amide bonds. The Balaban J connectivity index is -0.000000270. The fourth-order valence-electron chi connectivity index (χ4n) is 0.637. The van der Waals surface area contributed by atoms with E-state index in [-0.39, 0.29) is 14.1 Å². The summed E-state index contributed by atoms with van der Waals surface area (Å²) < 4.78 is 11.5. The van der Waals surface area contributed by atoms with Gasteiger partial charge in [-0.25, -0.2) is 4.39 Å². The third-order valence-corrected chi connectivity index (χ3v) is 1.06. The first kappa shape index (κ1) is 17.0. The van der Waals surface area contributed by atoms with Crippen molar-refractivity contribution in [2.45, 2.75) is 0 Å². The van der Waals surface area contributed by atoms with E-state index in [0.29, 0.717) is 6.33 Å².